The fourth-order valence-corrected chi connectivity index (χ4v) is 7.72. The number of phenolic OH excluding ortho intramolecular Hbond substituents is 1. The second kappa shape index (κ2) is 24.2. The molecule has 65 heavy (non-hydrogen) atoms. The molecule has 4 aromatic rings. The monoisotopic (exact) mass is 894 g/mol. The van der Waals surface area contributed by atoms with Crippen molar-refractivity contribution in [1.29, 1.82) is 0 Å². The number of amides is 7. The number of aromatic hydroxyl groups is 1. The van der Waals surface area contributed by atoms with Crippen LogP contribution in [0.2, 0.25) is 0 Å². The Labute approximate surface area is 378 Å². The summed E-state index contributed by atoms with van der Waals surface area (Å²) in [5.41, 5.74) is 2.87. The first kappa shape index (κ1) is 49.1. The fraction of sp³-hybridized carbons (Fsp3) is 0.438. The van der Waals surface area contributed by atoms with E-state index >= 15 is 0 Å². The number of carbonyl (C=O) groups is 7. The average Bonchev–Trinajstić information content (AvgIpc) is 3.47. The quantitative estimate of drug-likeness (QED) is 0.0594. The van der Waals surface area contributed by atoms with E-state index in [1.807, 2.05) is 38.1 Å². The van der Waals surface area contributed by atoms with Gasteiger partial charge in [-0.1, -0.05) is 87.4 Å². The number of carboxylic acids is 1. The number of benzene rings is 3. The fourth-order valence-electron chi connectivity index (χ4n) is 7.72. The molecule has 0 bridgehead atoms. The SMILES string of the molecule is CC(C)C[C@H](NC(=O)N1CCCCCC1)C(=O)N[C@@H](Cc1c[nH]c2ccccc12)C(=O)N[C@@H](C)C(=O)NCCC(=O)N[C@@H](Cc1ccc(O)cc1)C(=O)N[C@@H](Cc1ccccc1)C(=O)O. The van der Waals surface area contributed by atoms with Gasteiger partial charge in [-0.2, -0.15) is 0 Å². The van der Waals surface area contributed by atoms with Gasteiger partial charge in [-0.25, -0.2) is 9.59 Å². The summed E-state index contributed by atoms with van der Waals surface area (Å²) < 4.78 is 0. The third-order valence-corrected chi connectivity index (χ3v) is 11.3. The number of phenols is 1. The molecule has 1 aliphatic rings. The number of nitrogens with one attached hydrogen (secondary N) is 7. The third-order valence-electron chi connectivity index (χ3n) is 11.3. The molecule has 0 aliphatic carbocycles. The van der Waals surface area contributed by atoms with Gasteiger partial charge in [0.25, 0.3) is 0 Å². The standard InChI is InChI=1S/C48H62N8O9/c1-30(2)25-38(55-48(65)56-23-11-4-5-12-24-56)45(61)53-40(28-34-29-50-37-16-10-9-15-36(34)37)44(60)51-31(3)43(59)49-22-21-42(58)52-39(26-33-17-19-35(57)20-18-33)46(62)54-41(47(63)64)27-32-13-7-6-8-14-32/h6-10,13-20,29-31,38-41,50,57H,4-5,11-12,21-28H2,1-3H3,(H,49,59)(H,51,60)(H,52,58)(H,53,61)(H,54,62)(H,55,65)(H,63,64)/t31-,38-,39-,40-,41-/m0/s1. The number of aromatic nitrogens is 1. The maximum Gasteiger partial charge on any atom is 0.326 e. The van der Waals surface area contributed by atoms with Gasteiger partial charge in [-0.3, -0.25) is 24.0 Å². The van der Waals surface area contributed by atoms with E-state index in [1.54, 1.807) is 53.6 Å². The Morgan fingerprint density at radius 2 is 1.22 bits per heavy atom. The topological polar surface area (TPSA) is 251 Å². The number of aliphatic carboxylic acids is 1. The molecule has 5 atom stereocenters. The van der Waals surface area contributed by atoms with E-state index in [2.05, 4.69) is 36.9 Å². The van der Waals surface area contributed by atoms with Crippen molar-refractivity contribution < 1.29 is 43.8 Å². The van der Waals surface area contributed by atoms with Gasteiger partial charge in [-0.05, 0) is 67.0 Å². The molecule has 9 N–H and O–H groups in total. The normalized spacial score (nSPS) is 15.0. The van der Waals surface area contributed by atoms with Crippen LogP contribution in [0, 0.1) is 5.92 Å². The Morgan fingerprint density at radius 3 is 1.89 bits per heavy atom. The maximum atomic E-state index is 14.0. The lowest BCUT2D eigenvalue weighted by Crippen LogP contribution is -2.58. The summed E-state index contributed by atoms with van der Waals surface area (Å²) in [5, 5.41) is 36.8. The van der Waals surface area contributed by atoms with E-state index in [1.165, 1.54) is 19.1 Å². The Kier molecular flexibility index (Phi) is 18.3. The number of aromatic amines is 1. The number of urea groups is 1. The Balaban J connectivity index is 1.21. The smallest absolute Gasteiger partial charge is 0.326 e. The molecule has 3 aromatic carbocycles. The predicted molar refractivity (Wildman–Crippen MR) is 244 cm³/mol. The van der Waals surface area contributed by atoms with E-state index in [4.69, 9.17) is 0 Å². The highest BCUT2D eigenvalue weighted by Crippen LogP contribution is 2.20. The van der Waals surface area contributed by atoms with Gasteiger partial charge in [0.1, 0.15) is 36.0 Å². The minimum Gasteiger partial charge on any atom is -0.508 e. The molecule has 0 unspecified atom stereocenters. The first-order chi connectivity index (χ1) is 31.2. The van der Waals surface area contributed by atoms with Gasteiger partial charge >= 0.3 is 12.0 Å². The van der Waals surface area contributed by atoms with Crippen molar-refractivity contribution >= 4 is 52.4 Å². The van der Waals surface area contributed by atoms with Crippen molar-refractivity contribution in [3.05, 3.63) is 102 Å². The van der Waals surface area contributed by atoms with Crippen molar-refractivity contribution in [3.63, 3.8) is 0 Å². The van der Waals surface area contributed by atoms with Crippen LogP contribution in [-0.4, -0.2) is 111 Å². The van der Waals surface area contributed by atoms with Crippen molar-refractivity contribution in [2.75, 3.05) is 19.6 Å². The van der Waals surface area contributed by atoms with Gasteiger partial charge < -0.3 is 52.0 Å². The second-order valence-corrected chi connectivity index (χ2v) is 17.0. The zero-order chi connectivity index (χ0) is 46.9. The average molecular weight is 895 g/mol. The van der Waals surface area contributed by atoms with Gasteiger partial charge in [0, 0.05) is 62.4 Å². The third kappa shape index (κ3) is 15.4. The highest BCUT2D eigenvalue weighted by atomic mass is 16.4. The van der Waals surface area contributed by atoms with Crippen LogP contribution in [0.15, 0.2) is 85.1 Å². The van der Waals surface area contributed by atoms with Gasteiger partial charge in [0.05, 0.1) is 0 Å². The van der Waals surface area contributed by atoms with E-state index in [0.29, 0.717) is 30.6 Å². The number of hydrogen-bond donors (Lipinski definition) is 9. The van der Waals surface area contributed by atoms with Crippen LogP contribution in [0.5, 0.6) is 5.75 Å². The summed E-state index contributed by atoms with van der Waals surface area (Å²) in [6.45, 7) is 6.37. The highest BCUT2D eigenvalue weighted by Gasteiger charge is 2.32. The molecule has 1 aliphatic heterocycles. The van der Waals surface area contributed by atoms with Crippen LogP contribution >= 0.6 is 0 Å². The van der Waals surface area contributed by atoms with Gasteiger partial charge in [0.2, 0.25) is 29.5 Å². The Hall–Kier alpha value is -6.91. The van der Waals surface area contributed by atoms with E-state index in [9.17, 15) is 43.8 Å². The molecule has 1 fully saturated rings. The number of fused-ring (bicyclic) bond motifs is 1. The molecule has 0 radical (unpaired) electrons. The zero-order valence-electron chi connectivity index (χ0n) is 37.2. The largest absolute Gasteiger partial charge is 0.508 e. The molecule has 0 saturated carbocycles. The molecule has 1 saturated heterocycles. The number of nitrogens with zero attached hydrogens (tertiary/aromatic N) is 1. The molecule has 348 valence electrons. The zero-order valence-corrected chi connectivity index (χ0v) is 37.2. The van der Waals surface area contributed by atoms with Crippen LogP contribution in [-0.2, 0) is 48.0 Å². The minimum atomic E-state index is -1.29. The molecular weight excluding hydrogens is 833 g/mol. The second-order valence-electron chi connectivity index (χ2n) is 17.0. The van der Waals surface area contributed by atoms with E-state index < -0.39 is 65.7 Å². The van der Waals surface area contributed by atoms with Crippen molar-refractivity contribution in [3.8, 4) is 5.75 Å². The molecule has 0 spiro atoms. The molecule has 17 nitrogen and oxygen atoms in total. The number of carboxylic acid groups (broad SMARTS) is 1. The van der Waals surface area contributed by atoms with E-state index in [0.717, 1.165) is 42.1 Å². The van der Waals surface area contributed by atoms with Gasteiger partial charge in [-0.15, -0.1) is 0 Å². The molecule has 5 rings (SSSR count). The Bertz CT molecular complexity index is 2240. The van der Waals surface area contributed by atoms with Crippen molar-refractivity contribution in [2.45, 2.75) is 109 Å². The summed E-state index contributed by atoms with van der Waals surface area (Å²) in [4.78, 5) is 98.4. The number of para-hydroxylation sites is 1. The number of carbonyl (C=O) groups excluding carboxylic acids is 6. The molecule has 7 amide bonds. The summed E-state index contributed by atoms with van der Waals surface area (Å²) in [7, 11) is 0. The van der Waals surface area contributed by atoms with Crippen molar-refractivity contribution in [1.82, 2.24) is 41.8 Å². The number of rotatable bonds is 21. The molecule has 1 aromatic heterocycles. The number of likely N-dealkylation sites (tertiary alicyclic amines) is 1. The van der Waals surface area contributed by atoms with Crippen LogP contribution in [0.4, 0.5) is 4.79 Å². The minimum absolute atomic E-state index is 0.00225. The van der Waals surface area contributed by atoms with Crippen molar-refractivity contribution in [2.24, 2.45) is 5.92 Å². The maximum absolute atomic E-state index is 14.0. The lowest BCUT2D eigenvalue weighted by Gasteiger charge is -2.28. The van der Waals surface area contributed by atoms with Gasteiger partial charge in [0.15, 0.2) is 0 Å². The first-order valence-electron chi connectivity index (χ1n) is 22.3. The number of hydrogen-bond acceptors (Lipinski definition) is 8. The lowest BCUT2D eigenvalue weighted by atomic mass is 10.0. The predicted octanol–water partition coefficient (Wildman–Crippen LogP) is 3.45. The molecular formula is C48H62N8O9. The lowest BCUT2D eigenvalue weighted by molar-refractivity contribution is -0.142. The molecule has 17 heteroatoms. The number of H-pyrrole nitrogens is 1. The van der Waals surface area contributed by atoms with Crippen LogP contribution in [0.25, 0.3) is 10.9 Å². The summed E-state index contributed by atoms with van der Waals surface area (Å²) >= 11 is 0. The summed E-state index contributed by atoms with van der Waals surface area (Å²) in [6, 6.07) is 16.3. The first-order valence-corrected chi connectivity index (χ1v) is 22.3. The molecule has 2 heterocycles. The summed E-state index contributed by atoms with van der Waals surface area (Å²) in [5.74, 6) is -4.35. The van der Waals surface area contributed by atoms with E-state index in [-0.39, 0.29) is 49.9 Å². The highest BCUT2D eigenvalue weighted by molar-refractivity contribution is 5.95. The summed E-state index contributed by atoms with van der Waals surface area (Å²) in [6.07, 6.45) is 5.72. The van der Waals surface area contributed by atoms with Crippen LogP contribution in [0.3, 0.4) is 0 Å². The Morgan fingerprint density at radius 1 is 0.631 bits per heavy atom. The van der Waals surface area contributed by atoms with Crippen LogP contribution in [0.1, 0.15) is 76.0 Å². The van der Waals surface area contributed by atoms with Crippen LogP contribution < -0.4 is 31.9 Å².